The Morgan fingerprint density at radius 1 is 1.25 bits per heavy atom. The standard InChI is InChI=1S/C17H17N3O2S2/c1-22-12-4-6-13(7-5-12)23-9-2-3-15(21)20-16-14-8-10-24-17(14)19-11-18-16/h4-8,10-11H,2-3,9H2,1H3,(H,18,19,20,21). The topological polar surface area (TPSA) is 64.1 Å². The van der Waals surface area contributed by atoms with Crippen LogP contribution in [0.2, 0.25) is 0 Å². The minimum Gasteiger partial charge on any atom is -0.497 e. The SMILES string of the molecule is COc1ccc(SCCCC(=O)Nc2ncnc3sccc23)cc1. The van der Waals surface area contributed by atoms with Crippen molar-refractivity contribution in [2.75, 3.05) is 18.2 Å². The van der Waals surface area contributed by atoms with Gasteiger partial charge in [-0.2, -0.15) is 0 Å². The van der Waals surface area contributed by atoms with Crippen LogP contribution in [0, 0.1) is 0 Å². The molecule has 0 saturated carbocycles. The predicted octanol–water partition coefficient (Wildman–Crippen LogP) is 4.21. The van der Waals surface area contributed by atoms with Gasteiger partial charge in [-0.3, -0.25) is 4.79 Å². The summed E-state index contributed by atoms with van der Waals surface area (Å²) >= 11 is 3.27. The lowest BCUT2D eigenvalue weighted by Gasteiger charge is -2.06. The van der Waals surface area contributed by atoms with Crippen molar-refractivity contribution in [1.82, 2.24) is 9.97 Å². The predicted molar refractivity (Wildman–Crippen MR) is 99.0 cm³/mol. The zero-order valence-corrected chi connectivity index (χ0v) is 14.8. The van der Waals surface area contributed by atoms with Crippen LogP contribution in [0.5, 0.6) is 5.75 Å². The molecule has 24 heavy (non-hydrogen) atoms. The third-order valence-electron chi connectivity index (χ3n) is 3.40. The quantitative estimate of drug-likeness (QED) is 0.506. The van der Waals surface area contributed by atoms with Gasteiger partial charge in [-0.15, -0.1) is 23.1 Å². The third-order valence-corrected chi connectivity index (χ3v) is 5.31. The number of carbonyl (C=O) groups is 1. The first kappa shape index (κ1) is 16.7. The van der Waals surface area contributed by atoms with Crippen molar-refractivity contribution >= 4 is 45.0 Å². The molecular weight excluding hydrogens is 342 g/mol. The lowest BCUT2D eigenvalue weighted by Crippen LogP contribution is -2.12. The van der Waals surface area contributed by atoms with Gasteiger partial charge >= 0.3 is 0 Å². The highest BCUT2D eigenvalue weighted by molar-refractivity contribution is 7.99. The van der Waals surface area contributed by atoms with Gasteiger partial charge in [0.25, 0.3) is 0 Å². The molecule has 0 unspecified atom stereocenters. The van der Waals surface area contributed by atoms with E-state index in [-0.39, 0.29) is 5.91 Å². The number of anilines is 1. The summed E-state index contributed by atoms with van der Waals surface area (Å²) in [4.78, 5) is 22.5. The Bertz CT molecular complexity index is 818. The maximum Gasteiger partial charge on any atom is 0.225 e. The van der Waals surface area contributed by atoms with E-state index in [0.717, 1.165) is 28.1 Å². The Kier molecular flexibility index (Phi) is 5.66. The fraction of sp³-hybridized carbons (Fsp3) is 0.235. The van der Waals surface area contributed by atoms with E-state index in [9.17, 15) is 4.79 Å². The van der Waals surface area contributed by atoms with Crippen LogP contribution in [-0.4, -0.2) is 28.7 Å². The summed E-state index contributed by atoms with van der Waals surface area (Å²) in [5.74, 6) is 2.31. The molecule has 5 nitrogen and oxygen atoms in total. The number of benzene rings is 1. The number of carbonyl (C=O) groups excluding carboxylic acids is 1. The van der Waals surface area contributed by atoms with E-state index in [4.69, 9.17) is 4.74 Å². The molecular formula is C17H17N3O2S2. The van der Waals surface area contributed by atoms with Crippen LogP contribution >= 0.6 is 23.1 Å². The van der Waals surface area contributed by atoms with Gasteiger partial charge in [0.2, 0.25) is 5.91 Å². The van der Waals surface area contributed by atoms with Crippen molar-refractivity contribution in [1.29, 1.82) is 0 Å². The van der Waals surface area contributed by atoms with Gasteiger partial charge in [0.1, 0.15) is 22.7 Å². The summed E-state index contributed by atoms with van der Waals surface area (Å²) in [6.45, 7) is 0. The van der Waals surface area contributed by atoms with Crippen molar-refractivity contribution in [2.24, 2.45) is 0 Å². The average Bonchev–Trinajstić information content (AvgIpc) is 3.09. The second kappa shape index (κ2) is 8.12. The fourth-order valence-electron chi connectivity index (χ4n) is 2.18. The Morgan fingerprint density at radius 3 is 2.88 bits per heavy atom. The van der Waals surface area contributed by atoms with Crippen molar-refractivity contribution in [2.45, 2.75) is 17.7 Å². The van der Waals surface area contributed by atoms with Crippen LogP contribution in [0.3, 0.4) is 0 Å². The summed E-state index contributed by atoms with van der Waals surface area (Å²) in [7, 11) is 1.66. The van der Waals surface area contributed by atoms with Gasteiger partial charge < -0.3 is 10.1 Å². The largest absolute Gasteiger partial charge is 0.497 e. The van der Waals surface area contributed by atoms with Gasteiger partial charge in [0, 0.05) is 11.3 Å². The number of amides is 1. The molecule has 124 valence electrons. The maximum absolute atomic E-state index is 12.1. The smallest absolute Gasteiger partial charge is 0.225 e. The van der Waals surface area contributed by atoms with Crippen molar-refractivity contribution < 1.29 is 9.53 Å². The van der Waals surface area contributed by atoms with Gasteiger partial charge in [0.05, 0.1) is 12.5 Å². The van der Waals surface area contributed by atoms with Crippen LogP contribution < -0.4 is 10.1 Å². The average molecular weight is 359 g/mol. The summed E-state index contributed by atoms with van der Waals surface area (Å²) < 4.78 is 5.14. The highest BCUT2D eigenvalue weighted by atomic mass is 32.2. The molecule has 0 aliphatic rings. The first-order valence-corrected chi connectivity index (χ1v) is 9.37. The number of nitrogens with one attached hydrogen (secondary N) is 1. The van der Waals surface area contributed by atoms with E-state index in [2.05, 4.69) is 15.3 Å². The van der Waals surface area contributed by atoms with Crippen molar-refractivity contribution in [3.05, 3.63) is 42.0 Å². The van der Waals surface area contributed by atoms with E-state index >= 15 is 0 Å². The molecule has 0 atom stereocenters. The summed E-state index contributed by atoms with van der Waals surface area (Å²) in [6.07, 6.45) is 2.76. The molecule has 0 aliphatic carbocycles. The molecule has 1 N–H and O–H groups in total. The highest BCUT2D eigenvalue weighted by Gasteiger charge is 2.08. The van der Waals surface area contributed by atoms with E-state index in [1.54, 1.807) is 18.9 Å². The molecule has 1 aromatic carbocycles. The number of hydrogen-bond donors (Lipinski definition) is 1. The number of rotatable bonds is 7. The normalized spacial score (nSPS) is 10.7. The molecule has 2 aromatic heterocycles. The zero-order valence-electron chi connectivity index (χ0n) is 13.2. The molecule has 0 aliphatic heterocycles. The van der Waals surface area contributed by atoms with E-state index in [0.29, 0.717) is 12.2 Å². The van der Waals surface area contributed by atoms with Gasteiger partial charge in [-0.25, -0.2) is 9.97 Å². The van der Waals surface area contributed by atoms with E-state index in [1.807, 2.05) is 35.7 Å². The molecule has 0 radical (unpaired) electrons. The van der Waals surface area contributed by atoms with Crippen LogP contribution in [0.4, 0.5) is 5.82 Å². The summed E-state index contributed by atoms with van der Waals surface area (Å²) in [6, 6.07) is 9.86. The van der Waals surface area contributed by atoms with Crippen LogP contribution in [-0.2, 0) is 4.79 Å². The number of nitrogens with zero attached hydrogens (tertiary/aromatic N) is 2. The summed E-state index contributed by atoms with van der Waals surface area (Å²) in [5, 5.41) is 5.71. The second-order valence-electron chi connectivity index (χ2n) is 5.04. The van der Waals surface area contributed by atoms with Crippen molar-refractivity contribution in [3.8, 4) is 5.75 Å². The molecule has 0 fully saturated rings. The van der Waals surface area contributed by atoms with Crippen LogP contribution in [0.15, 0.2) is 46.9 Å². The molecule has 3 aromatic rings. The van der Waals surface area contributed by atoms with E-state index < -0.39 is 0 Å². The Balaban J connectivity index is 1.45. The van der Waals surface area contributed by atoms with Gasteiger partial charge in [-0.1, -0.05) is 0 Å². The molecule has 7 heteroatoms. The second-order valence-corrected chi connectivity index (χ2v) is 7.10. The third kappa shape index (κ3) is 4.24. The lowest BCUT2D eigenvalue weighted by molar-refractivity contribution is -0.116. The molecule has 1 amide bonds. The minimum absolute atomic E-state index is 0.0171. The molecule has 0 saturated heterocycles. The lowest BCUT2D eigenvalue weighted by atomic mass is 10.3. The first-order valence-electron chi connectivity index (χ1n) is 7.51. The van der Waals surface area contributed by atoms with E-state index in [1.165, 1.54) is 22.6 Å². The molecule has 3 rings (SSSR count). The number of methoxy groups -OCH3 is 1. The van der Waals surface area contributed by atoms with Crippen LogP contribution in [0.25, 0.3) is 10.2 Å². The minimum atomic E-state index is -0.0171. The fourth-order valence-corrected chi connectivity index (χ4v) is 3.76. The summed E-state index contributed by atoms with van der Waals surface area (Å²) in [5.41, 5.74) is 0. The molecule has 0 spiro atoms. The zero-order chi connectivity index (χ0) is 16.8. The van der Waals surface area contributed by atoms with Crippen molar-refractivity contribution in [3.63, 3.8) is 0 Å². The number of ether oxygens (including phenoxy) is 1. The molecule has 2 heterocycles. The molecule has 0 bridgehead atoms. The maximum atomic E-state index is 12.1. The Morgan fingerprint density at radius 2 is 2.08 bits per heavy atom. The first-order chi connectivity index (χ1) is 11.8. The number of thiophene rings is 1. The number of aromatic nitrogens is 2. The van der Waals surface area contributed by atoms with Crippen LogP contribution in [0.1, 0.15) is 12.8 Å². The Labute approximate surface area is 148 Å². The van der Waals surface area contributed by atoms with Gasteiger partial charge in [0.15, 0.2) is 0 Å². The number of thioether (sulfide) groups is 1. The number of hydrogen-bond acceptors (Lipinski definition) is 6. The monoisotopic (exact) mass is 359 g/mol. The Hall–Kier alpha value is -2.12. The van der Waals surface area contributed by atoms with Gasteiger partial charge in [-0.05, 0) is 47.9 Å². The number of fused-ring (bicyclic) bond motifs is 1. The highest BCUT2D eigenvalue weighted by Crippen LogP contribution is 2.24.